The summed E-state index contributed by atoms with van der Waals surface area (Å²) in [7, 11) is 0. The molecular weight excluding hydrogens is 562 g/mol. The first-order chi connectivity index (χ1) is 20.7. The van der Waals surface area contributed by atoms with E-state index in [2.05, 4.69) is 38.1 Å². The van der Waals surface area contributed by atoms with Gasteiger partial charge in [0.05, 0.1) is 12.6 Å². The summed E-state index contributed by atoms with van der Waals surface area (Å²) in [5, 5.41) is 6.06. The Morgan fingerprint density at radius 1 is 1.09 bits per heavy atom. The molecule has 1 heterocycles. The molecule has 2 amide bonds. The van der Waals surface area contributed by atoms with Crippen LogP contribution in [0.2, 0.25) is 0 Å². The molecule has 1 atom stereocenters. The fourth-order valence-electron chi connectivity index (χ4n) is 6.85. The van der Waals surface area contributed by atoms with Crippen molar-refractivity contribution in [1.29, 1.82) is 0 Å². The third kappa shape index (κ3) is 6.64. The first kappa shape index (κ1) is 31.6. The zero-order valence-corrected chi connectivity index (χ0v) is 26.1. The van der Waals surface area contributed by atoms with Gasteiger partial charge in [-0.15, -0.1) is 0 Å². The fourth-order valence-corrected chi connectivity index (χ4v) is 6.85. The lowest BCUT2D eigenvalue weighted by Crippen LogP contribution is -2.51. The van der Waals surface area contributed by atoms with Crippen molar-refractivity contribution in [3.63, 3.8) is 0 Å². The molecule has 0 bridgehead atoms. The first-order valence-electron chi connectivity index (χ1n) is 15.5. The Morgan fingerprint density at radius 3 is 2.25 bits per heavy atom. The number of hydrogen-bond donors (Lipinski definition) is 3. The van der Waals surface area contributed by atoms with Gasteiger partial charge in [0, 0.05) is 17.2 Å². The zero-order chi connectivity index (χ0) is 31.9. The van der Waals surface area contributed by atoms with Gasteiger partial charge in [-0.25, -0.2) is 8.78 Å². The van der Waals surface area contributed by atoms with Crippen LogP contribution in [0.1, 0.15) is 107 Å². The van der Waals surface area contributed by atoms with Crippen LogP contribution in [0, 0.1) is 28.4 Å². The third-order valence-electron chi connectivity index (χ3n) is 9.77. The quantitative estimate of drug-likeness (QED) is 0.144. The maximum atomic E-state index is 14.4. The van der Waals surface area contributed by atoms with E-state index in [0.717, 1.165) is 30.9 Å². The summed E-state index contributed by atoms with van der Waals surface area (Å²) < 4.78 is 28.7. The van der Waals surface area contributed by atoms with Crippen molar-refractivity contribution in [3.8, 4) is 0 Å². The van der Waals surface area contributed by atoms with Gasteiger partial charge in [0.2, 0.25) is 0 Å². The van der Waals surface area contributed by atoms with Crippen LogP contribution >= 0.6 is 0 Å². The molecule has 2 fully saturated rings. The normalized spacial score (nSPS) is 23.9. The lowest BCUT2D eigenvalue weighted by atomic mass is 9.73. The number of amidine groups is 1. The summed E-state index contributed by atoms with van der Waals surface area (Å²) in [5.74, 6) is 3.71. The molecule has 2 saturated carbocycles. The Labute approximate surface area is 258 Å². The minimum absolute atomic E-state index is 0.00785. The Kier molecular flexibility index (Phi) is 8.57. The number of carbonyl (C=O) groups excluding carboxylic acids is 2. The van der Waals surface area contributed by atoms with E-state index in [1.165, 1.54) is 25.0 Å². The molecule has 1 spiro atoms. The second kappa shape index (κ2) is 11.9. The Hall–Kier alpha value is -3.82. The third-order valence-corrected chi connectivity index (χ3v) is 9.77. The van der Waals surface area contributed by atoms with E-state index >= 15 is 0 Å². The standard InChI is InChI=1S/C34H44F2N6O2/c1-32(2,3)12-11-27(21-5-7-22(8-6-21)30(43)39-20-28(37)41-38)42-31(44)29(23-17-25(35)19-26(36)18-23)40-34(42)13-9-24(10-14-34)33(4)15-16-33/h5-8,17-19,24,27H,9-16,20,38H2,1-4H3,(H2,37,41)(H,39,43). The number of rotatable bonds is 9. The van der Waals surface area contributed by atoms with Crippen molar-refractivity contribution in [2.45, 2.75) is 90.8 Å². The van der Waals surface area contributed by atoms with Gasteiger partial charge in [-0.05, 0) is 97.9 Å². The number of benzene rings is 2. The van der Waals surface area contributed by atoms with Crippen LogP contribution in [-0.2, 0) is 4.79 Å². The predicted octanol–water partition coefficient (Wildman–Crippen LogP) is 5.81. The highest BCUT2D eigenvalue weighted by Gasteiger charge is 2.55. The molecule has 1 aliphatic heterocycles. The van der Waals surface area contributed by atoms with E-state index in [4.69, 9.17) is 16.6 Å². The van der Waals surface area contributed by atoms with Gasteiger partial charge >= 0.3 is 0 Å². The van der Waals surface area contributed by atoms with Crippen LogP contribution in [0.5, 0.6) is 0 Å². The first-order valence-corrected chi connectivity index (χ1v) is 15.5. The van der Waals surface area contributed by atoms with Crippen LogP contribution in [0.4, 0.5) is 8.78 Å². The summed E-state index contributed by atoms with van der Waals surface area (Å²) >= 11 is 0. The van der Waals surface area contributed by atoms with Crippen molar-refractivity contribution >= 4 is 23.4 Å². The summed E-state index contributed by atoms with van der Waals surface area (Å²) in [4.78, 5) is 34.1. The number of nitrogens with zero attached hydrogens (tertiary/aromatic N) is 3. The number of halogens is 2. The molecule has 5 rings (SSSR count). The second-order valence-electron chi connectivity index (χ2n) is 14.2. The largest absolute Gasteiger partial charge is 0.384 e. The molecule has 0 radical (unpaired) electrons. The molecular formula is C34H44F2N6O2. The molecule has 5 N–H and O–H groups in total. The maximum absolute atomic E-state index is 14.4. The topological polar surface area (TPSA) is 126 Å². The zero-order valence-electron chi connectivity index (χ0n) is 26.1. The van der Waals surface area contributed by atoms with Gasteiger partial charge in [-0.3, -0.25) is 14.6 Å². The van der Waals surface area contributed by atoms with Crippen molar-refractivity contribution in [2.24, 2.45) is 38.4 Å². The fraction of sp³-hybridized carbons (Fsp3) is 0.529. The molecule has 3 aliphatic rings. The number of nitrogens with two attached hydrogens (primary N) is 2. The van der Waals surface area contributed by atoms with Gasteiger partial charge in [0.15, 0.2) is 0 Å². The lowest BCUT2D eigenvalue weighted by Gasteiger charge is -2.46. The number of carbonyl (C=O) groups is 2. The average molecular weight is 607 g/mol. The van der Waals surface area contributed by atoms with Crippen LogP contribution in [-0.4, -0.2) is 40.5 Å². The van der Waals surface area contributed by atoms with Gasteiger partial charge in [0.25, 0.3) is 11.8 Å². The van der Waals surface area contributed by atoms with E-state index in [0.29, 0.717) is 36.2 Å². The Morgan fingerprint density at radius 2 is 1.70 bits per heavy atom. The minimum Gasteiger partial charge on any atom is -0.384 e. The van der Waals surface area contributed by atoms with Crippen molar-refractivity contribution in [3.05, 3.63) is 70.8 Å². The predicted molar refractivity (Wildman–Crippen MR) is 168 cm³/mol. The van der Waals surface area contributed by atoms with E-state index in [1.54, 1.807) is 12.1 Å². The van der Waals surface area contributed by atoms with Crippen molar-refractivity contribution in [2.75, 3.05) is 6.54 Å². The average Bonchev–Trinajstić information content (AvgIpc) is 3.67. The monoisotopic (exact) mass is 606 g/mol. The van der Waals surface area contributed by atoms with Crippen LogP contribution in [0.15, 0.2) is 52.6 Å². The van der Waals surface area contributed by atoms with Crippen LogP contribution in [0.3, 0.4) is 0 Å². The minimum atomic E-state index is -0.811. The van der Waals surface area contributed by atoms with Gasteiger partial charge in [-0.2, -0.15) is 5.10 Å². The highest BCUT2D eigenvalue weighted by molar-refractivity contribution is 6.46. The molecule has 1 unspecified atom stereocenters. The lowest BCUT2D eigenvalue weighted by molar-refractivity contribution is -0.133. The molecule has 0 aromatic heterocycles. The van der Waals surface area contributed by atoms with E-state index in [-0.39, 0.29) is 46.9 Å². The molecule has 2 aliphatic carbocycles. The number of amides is 2. The molecule has 8 nitrogen and oxygen atoms in total. The summed E-state index contributed by atoms with van der Waals surface area (Å²) in [5.41, 5.74) is 6.72. The SMILES string of the molecule is CC(C)(C)CCC(c1ccc(C(=O)NC/C(N)=N/N)cc1)N1C(=O)C(c2cc(F)cc(F)c2)=NC12CCC(C1(C)CC1)CC2. The molecule has 2 aromatic rings. The summed E-state index contributed by atoms with van der Waals surface area (Å²) in [6, 6.07) is 10.0. The number of aliphatic imine (C=N–C) groups is 1. The summed E-state index contributed by atoms with van der Waals surface area (Å²) in [6.07, 6.45) is 7.20. The van der Waals surface area contributed by atoms with E-state index in [9.17, 15) is 18.4 Å². The number of hydrazone groups is 1. The molecule has 44 heavy (non-hydrogen) atoms. The van der Waals surface area contributed by atoms with Gasteiger partial charge in [-0.1, -0.05) is 39.8 Å². The summed E-state index contributed by atoms with van der Waals surface area (Å²) in [6.45, 7) is 8.85. The van der Waals surface area contributed by atoms with E-state index < -0.39 is 17.3 Å². The Balaban J connectivity index is 1.52. The van der Waals surface area contributed by atoms with E-state index in [1.807, 2.05) is 17.0 Å². The Bertz CT molecular complexity index is 1450. The molecule has 0 saturated heterocycles. The van der Waals surface area contributed by atoms with Crippen molar-refractivity contribution in [1.82, 2.24) is 10.2 Å². The smallest absolute Gasteiger partial charge is 0.275 e. The van der Waals surface area contributed by atoms with Gasteiger partial charge < -0.3 is 21.8 Å². The highest BCUT2D eigenvalue weighted by atomic mass is 19.1. The van der Waals surface area contributed by atoms with Crippen LogP contribution < -0.4 is 16.9 Å². The van der Waals surface area contributed by atoms with Gasteiger partial charge in [0.1, 0.15) is 28.8 Å². The number of nitrogens with one attached hydrogen (secondary N) is 1. The molecule has 236 valence electrons. The highest BCUT2D eigenvalue weighted by Crippen LogP contribution is 2.58. The molecule has 2 aromatic carbocycles. The number of hydrogen-bond acceptors (Lipinski definition) is 5. The molecule has 10 heteroatoms. The second-order valence-corrected chi connectivity index (χ2v) is 14.2. The van der Waals surface area contributed by atoms with Crippen molar-refractivity contribution < 1.29 is 18.4 Å². The van der Waals surface area contributed by atoms with Crippen LogP contribution in [0.25, 0.3) is 0 Å². The maximum Gasteiger partial charge on any atom is 0.275 e.